The molecule has 2 N–H and O–H groups in total. The van der Waals surface area contributed by atoms with Crippen LogP contribution in [0.4, 0.5) is 11.4 Å². The van der Waals surface area contributed by atoms with Crippen LogP contribution in [0.2, 0.25) is 0 Å². The van der Waals surface area contributed by atoms with E-state index in [-0.39, 0.29) is 11.8 Å². The molecule has 2 amide bonds. The van der Waals surface area contributed by atoms with Crippen LogP contribution in [0.25, 0.3) is 0 Å². The lowest BCUT2D eigenvalue weighted by Crippen LogP contribution is -2.27. The first-order valence-electron chi connectivity index (χ1n) is 7.25. The Morgan fingerprint density at radius 1 is 0.913 bits per heavy atom. The first-order chi connectivity index (χ1) is 10.8. The number of benzene rings is 2. The van der Waals surface area contributed by atoms with E-state index in [1.807, 2.05) is 39.0 Å². The molecule has 0 radical (unpaired) electrons. The van der Waals surface area contributed by atoms with Gasteiger partial charge in [0.1, 0.15) is 0 Å². The quantitative estimate of drug-likeness (QED) is 0.715. The lowest BCUT2D eigenvalue weighted by atomic mass is 9.95. The molecule has 0 saturated carbocycles. The summed E-state index contributed by atoms with van der Waals surface area (Å²) in [6, 6.07) is 14.5. The normalized spacial score (nSPS) is 11.0. The Labute approximate surface area is 149 Å². The number of hydrogen-bond donors (Lipinski definition) is 2. The molecule has 5 heteroatoms. The molecule has 120 valence electrons. The molecule has 0 aliphatic carbocycles. The Morgan fingerprint density at radius 3 is 2.13 bits per heavy atom. The summed E-state index contributed by atoms with van der Waals surface area (Å²) in [4.78, 5) is 24.4. The molecular weight excluding hydrogens is 403 g/mol. The first-order valence-corrected chi connectivity index (χ1v) is 8.32. The van der Waals surface area contributed by atoms with E-state index >= 15 is 0 Å². The van der Waals surface area contributed by atoms with Crippen molar-refractivity contribution in [3.63, 3.8) is 0 Å². The molecule has 0 unspecified atom stereocenters. The molecule has 0 aromatic heterocycles. The van der Waals surface area contributed by atoms with Crippen LogP contribution in [0, 0.1) is 8.99 Å². The standard InChI is InChI=1S/C18H19IN2O2/c1-18(2,3)17(23)21-13-8-6-7-12(11-13)20-16(22)14-9-4-5-10-15(14)19/h4-11H,1-3H3,(H,20,22)(H,21,23). The number of anilines is 2. The Bertz CT molecular complexity index is 736. The maximum Gasteiger partial charge on any atom is 0.256 e. The van der Waals surface area contributed by atoms with Gasteiger partial charge in [0.2, 0.25) is 5.91 Å². The van der Waals surface area contributed by atoms with Gasteiger partial charge in [-0.05, 0) is 52.9 Å². The molecule has 0 saturated heterocycles. The third-order valence-electron chi connectivity index (χ3n) is 3.18. The van der Waals surface area contributed by atoms with E-state index in [4.69, 9.17) is 0 Å². The van der Waals surface area contributed by atoms with Crippen LogP contribution in [-0.2, 0) is 4.79 Å². The van der Waals surface area contributed by atoms with E-state index in [9.17, 15) is 9.59 Å². The maximum atomic E-state index is 12.3. The molecule has 0 aliphatic heterocycles. The monoisotopic (exact) mass is 422 g/mol. The predicted molar refractivity (Wildman–Crippen MR) is 102 cm³/mol. The van der Waals surface area contributed by atoms with Gasteiger partial charge in [-0.1, -0.05) is 39.0 Å². The zero-order valence-corrected chi connectivity index (χ0v) is 15.5. The molecule has 23 heavy (non-hydrogen) atoms. The van der Waals surface area contributed by atoms with Crippen LogP contribution in [0.1, 0.15) is 31.1 Å². The summed E-state index contributed by atoms with van der Waals surface area (Å²) in [7, 11) is 0. The fourth-order valence-electron chi connectivity index (χ4n) is 1.84. The Hall–Kier alpha value is -1.89. The minimum absolute atomic E-state index is 0.0708. The minimum Gasteiger partial charge on any atom is -0.326 e. The molecule has 0 bridgehead atoms. The minimum atomic E-state index is -0.473. The number of rotatable bonds is 3. The number of nitrogens with one attached hydrogen (secondary N) is 2. The lowest BCUT2D eigenvalue weighted by Gasteiger charge is -2.18. The van der Waals surface area contributed by atoms with Crippen molar-refractivity contribution in [2.45, 2.75) is 20.8 Å². The Morgan fingerprint density at radius 2 is 1.52 bits per heavy atom. The second kappa shape index (κ2) is 7.12. The zero-order chi connectivity index (χ0) is 17.0. The SMILES string of the molecule is CC(C)(C)C(=O)Nc1cccc(NC(=O)c2ccccc2I)c1. The van der Waals surface area contributed by atoms with E-state index in [1.54, 1.807) is 30.3 Å². The van der Waals surface area contributed by atoms with Crippen LogP contribution in [-0.4, -0.2) is 11.8 Å². The van der Waals surface area contributed by atoms with Crippen molar-refractivity contribution in [2.24, 2.45) is 5.41 Å². The molecule has 4 nitrogen and oxygen atoms in total. The number of carbonyl (C=O) groups excluding carboxylic acids is 2. The molecule has 2 rings (SSSR count). The predicted octanol–water partition coefficient (Wildman–Crippen LogP) is 4.53. The molecule has 2 aromatic rings. The number of amides is 2. The Balaban J connectivity index is 2.13. The fourth-order valence-corrected chi connectivity index (χ4v) is 2.47. The smallest absolute Gasteiger partial charge is 0.256 e. The summed E-state index contributed by atoms with van der Waals surface area (Å²) in [5.41, 5.74) is 1.45. The molecule has 0 aliphatic rings. The van der Waals surface area contributed by atoms with Crippen molar-refractivity contribution in [3.8, 4) is 0 Å². The topological polar surface area (TPSA) is 58.2 Å². The zero-order valence-electron chi connectivity index (χ0n) is 13.3. The van der Waals surface area contributed by atoms with Crippen molar-refractivity contribution >= 4 is 45.8 Å². The van der Waals surface area contributed by atoms with E-state index in [0.717, 1.165) is 3.57 Å². The number of hydrogen-bond acceptors (Lipinski definition) is 2. The lowest BCUT2D eigenvalue weighted by molar-refractivity contribution is -0.123. The van der Waals surface area contributed by atoms with Crippen molar-refractivity contribution in [3.05, 3.63) is 57.7 Å². The Kier molecular flexibility index (Phi) is 5.41. The molecule has 0 spiro atoms. The summed E-state index contributed by atoms with van der Waals surface area (Å²) in [5, 5.41) is 5.71. The third-order valence-corrected chi connectivity index (χ3v) is 4.12. The summed E-state index contributed by atoms with van der Waals surface area (Å²) in [6.07, 6.45) is 0. The average molecular weight is 422 g/mol. The maximum absolute atomic E-state index is 12.3. The highest BCUT2D eigenvalue weighted by atomic mass is 127. The van der Waals surface area contributed by atoms with Crippen molar-refractivity contribution < 1.29 is 9.59 Å². The van der Waals surface area contributed by atoms with Gasteiger partial charge in [0.05, 0.1) is 5.56 Å². The highest BCUT2D eigenvalue weighted by Gasteiger charge is 2.21. The van der Waals surface area contributed by atoms with Gasteiger partial charge in [0.15, 0.2) is 0 Å². The van der Waals surface area contributed by atoms with Gasteiger partial charge in [-0.3, -0.25) is 9.59 Å². The van der Waals surface area contributed by atoms with Gasteiger partial charge < -0.3 is 10.6 Å². The van der Waals surface area contributed by atoms with E-state index in [2.05, 4.69) is 33.2 Å². The summed E-state index contributed by atoms with van der Waals surface area (Å²) in [5.74, 6) is -0.243. The summed E-state index contributed by atoms with van der Waals surface area (Å²) >= 11 is 2.13. The number of halogens is 1. The van der Waals surface area contributed by atoms with Gasteiger partial charge in [-0.25, -0.2) is 0 Å². The first kappa shape index (κ1) is 17.5. The van der Waals surface area contributed by atoms with Gasteiger partial charge in [-0.15, -0.1) is 0 Å². The fraction of sp³-hybridized carbons (Fsp3) is 0.222. The third kappa shape index (κ3) is 4.79. The van der Waals surface area contributed by atoms with Crippen molar-refractivity contribution in [1.82, 2.24) is 0 Å². The molecule has 2 aromatic carbocycles. The van der Waals surface area contributed by atoms with Crippen LogP contribution >= 0.6 is 22.6 Å². The van der Waals surface area contributed by atoms with Gasteiger partial charge >= 0.3 is 0 Å². The van der Waals surface area contributed by atoms with Crippen LogP contribution < -0.4 is 10.6 Å². The second-order valence-corrected chi connectivity index (χ2v) is 7.38. The van der Waals surface area contributed by atoms with Crippen LogP contribution in [0.5, 0.6) is 0 Å². The second-order valence-electron chi connectivity index (χ2n) is 6.22. The highest BCUT2D eigenvalue weighted by Crippen LogP contribution is 2.21. The van der Waals surface area contributed by atoms with Crippen molar-refractivity contribution in [1.29, 1.82) is 0 Å². The van der Waals surface area contributed by atoms with Crippen LogP contribution in [0.15, 0.2) is 48.5 Å². The summed E-state index contributed by atoms with van der Waals surface area (Å²) in [6.45, 7) is 5.56. The van der Waals surface area contributed by atoms with Gasteiger partial charge in [0, 0.05) is 20.4 Å². The van der Waals surface area contributed by atoms with Crippen LogP contribution in [0.3, 0.4) is 0 Å². The van der Waals surface area contributed by atoms with Gasteiger partial charge in [0.25, 0.3) is 5.91 Å². The summed E-state index contributed by atoms with van der Waals surface area (Å²) < 4.78 is 0.889. The van der Waals surface area contributed by atoms with E-state index in [0.29, 0.717) is 16.9 Å². The molecular formula is C18H19IN2O2. The van der Waals surface area contributed by atoms with Gasteiger partial charge in [-0.2, -0.15) is 0 Å². The molecule has 0 heterocycles. The number of carbonyl (C=O) groups is 2. The highest BCUT2D eigenvalue weighted by molar-refractivity contribution is 14.1. The molecule has 0 atom stereocenters. The van der Waals surface area contributed by atoms with E-state index in [1.165, 1.54) is 0 Å². The average Bonchev–Trinajstić information content (AvgIpc) is 2.47. The molecule has 0 fully saturated rings. The van der Waals surface area contributed by atoms with Crippen molar-refractivity contribution in [2.75, 3.05) is 10.6 Å². The largest absolute Gasteiger partial charge is 0.326 e. The van der Waals surface area contributed by atoms with E-state index < -0.39 is 5.41 Å².